The molecule has 1 amide bonds. The molecule has 0 atom stereocenters. The number of amides is 1. The number of hydrogen-bond acceptors (Lipinski definition) is 6. The Labute approximate surface area is 153 Å². The second-order valence-electron chi connectivity index (χ2n) is 5.86. The Bertz CT molecular complexity index is 876. The summed E-state index contributed by atoms with van der Waals surface area (Å²) in [5.41, 5.74) is 2.28. The highest BCUT2D eigenvalue weighted by atomic mass is 32.1. The minimum absolute atomic E-state index is 0.100. The second kappa shape index (κ2) is 6.93. The largest absolute Gasteiger partial charge is 0.497 e. The van der Waals surface area contributed by atoms with Gasteiger partial charge < -0.3 is 4.74 Å². The van der Waals surface area contributed by atoms with Crippen LogP contribution in [-0.2, 0) is 12.8 Å². The number of nitrogens with zero attached hydrogens (tertiary/aromatic N) is 2. The van der Waals surface area contributed by atoms with E-state index in [0.29, 0.717) is 5.13 Å². The quantitative estimate of drug-likeness (QED) is 0.738. The highest BCUT2D eigenvalue weighted by Crippen LogP contribution is 2.31. The summed E-state index contributed by atoms with van der Waals surface area (Å²) >= 11 is 2.97. The zero-order chi connectivity index (χ0) is 17.2. The lowest BCUT2D eigenvalue weighted by molar-refractivity contribution is 0.103. The number of hydrogen-bond donors (Lipinski definition) is 1. The van der Waals surface area contributed by atoms with Crippen molar-refractivity contribution in [3.8, 4) is 16.3 Å². The fourth-order valence-electron chi connectivity index (χ4n) is 2.89. The third kappa shape index (κ3) is 3.43. The van der Waals surface area contributed by atoms with E-state index >= 15 is 0 Å². The number of methoxy groups -OCH3 is 1. The molecular weight excluding hydrogens is 354 g/mol. The first-order valence-electron chi connectivity index (χ1n) is 8.14. The van der Waals surface area contributed by atoms with Gasteiger partial charge in [0, 0.05) is 10.4 Å². The van der Waals surface area contributed by atoms with Crippen molar-refractivity contribution in [1.82, 2.24) is 10.2 Å². The standard InChI is InChI=1S/C18H17N3O2S2/c1-23-13-8-6-11(7-9-13)17-20-21-18(25-17)19-16(22)15-10-12-4-2-3-5-14(12)24-15/h6-10H,2-5H2,1H3,(H,19,21,22). The van der Waals surface area contributed by atoms with Gasteiger partial charge >= 0.3 is 0 Å². The normalized spacial score (nSPS) is 13.3. The molecule has 0 radical (unpaired) electrons. The third-order valence-electron chi connectivity index (χ3n) is 4.20. The van der Waals surface area contributed by atoms with Crippen LogP contribution in [0.15, 0.2) is 30.3 Å². The number of anilines is 1. The Morgan fingerprint density at radius 2 is 1.92 bits per heavy atom. The van der Waals surface area contributed by atoms with Crippen molar-refractivity contribution in [2.45, 2.75) is 25.7 Å². The number of ether oxygens (including phenoxy) is 1. The van der Waals surface area contributed by atoms with Gasteiger partial charge in [0.2, 0.25) is 5.13 Å². The van der Waals surface area contributed by atoms with Crippen molar-refractivity contribution < 1.29 is 9.53 Å². The van der Waals surface area contributed by atoms with Crippen LogP contribution in [0.5, 0.6) is 5.75 Å². The molecule has 0 saturated carbocycles. The number of nitrogens with one attached hydrogen (secondary N) is 1. The van der Waals surface area contributed by atoms with Crippen LogP contribution in [0, 0.1) is 0 Å². The molecule has 3 aromatic rings. The van der Waals surface area contributed by atoms with Crippen LogP contribution in [0.25, 0.3) is 10.6 Å². The molecule has 0 spiro atoms. The number of rotatable bonds is 4. The predicted octanol–water partition coefficient (Wildman–Crippen LogP) is 4.41. The van der Waals surface area contributed by atoms with Crippen LogP contribution in [0.3, 0.4) is 0 Å². The van der Waals surface area contributed by atoms with Crippen LogP contribution >= 0.6 is 22.7 Å². The van der Waals surface area contributed by atoms with Crippen LogP contribution in [-0.4, -0.2) is 23.2 Å². The summed E-state index contributed by atoms with van der Waals surface area (Å²) in [4.78, 5) is 14.6. The first-order valence-corrected chi connectivity index (χ1v) is 9.77. The monoisotopic (exact) mass is 371 g/mol. The van der Waals surface area contributed by atoms with E-state index in [1.807, 2.05) is 30.3 Å². The Balaban J connectivity index is 1.48. The first-order chi connectivity index (χ1) is 12.2. The Kier molecular flexibility index (Phi) is 4.50. The number of carbonyl (C=O) groups excluding carboxylic acids is 1. The second-order valence-corrected chi connectivity index (χ2v) is 7.98. The highest BCUT2D eigenvalue weighted by molar-refractivity contribution is 7.19. The molecule has 25 heavy (non-hydrogen) atoms. The molecule has 1 aliphatic carbocycles. The van der Waals surface area contributed by atoms with Crippen molar-refractivity contribution in [3.05, 3.63) is 45.6 Å². The Morgan fingerprint density at radius 3 is 2.68 bits per heavy atom. The highest BCUT2D eigenvalue weighted by Gasteiger charge is 2.18. The number of fused-ring (bicyclic) bond motifs is 1. The molecule has 1 aromatic carbocycles. The maximum atomic E-state index is 12.5. The summed E-state index contributed by atoms with van der Waals surface area (Å²) in [6.45, 7) is 0. The average Bonchev–Trinajstić information content (AvgIpc) is 3.28. The van der Waals surface area contributed by atoms with E-state index in [-0.39, 0.29) is 5.91 Å². The van der Waals surface area contributed by atoms with Crippen LogP contribution in [0.2, 0.25) is 0 Å². The SMILES string of the molecule is COc1ccc(-c2nnc(NC(=O)c3cc4c(s3)CCCC4)s2)cc1. The lowest BCUT2D eigenvalue weighted by atomic mass is 9.99. The zero-order valence-electron chi connectivity index (χ0n) is 13.7. The van der Waals surface area contributed by atoms with Gasteiger partial charge in [-0.25, -0.2) is 0 Å². The van der Waals surface area contributed by atoms with Crippen molar-refractivity contribution >= 4 is 33.7 Å². The van der Waals surface area contributed by atoms with Gasteiger partial charge in [-0.15, -0.1) is 21.5 Å². The molecule has 0 aliphatic heterocycles. The molecule has 4 rings (SSSR count). The van der Waals surface area contributed by atoms with Crippen LogP contribution in [0.4, 0.5) is 5.13 Å². The lowest BCUT2D eigenvalue weighted by Gasteiger charge is -2.08. The van der Waals surface area contributed by atoms with E-state index in [4.69, 9.17) is 4.74 Å². The topological polar surface area (TPSA) is 64.1 Å². The summed E-state index contributed by atoms with van der Waals surface area (Å²) in [6, 6.07) is 9.65. The van der Waals surface area contributed by atoms with Gasteiger partial charge in [0.15, 0.2) is 0 Å². The van der Waals surface area contributed by atoms with Crippen LogP contribution in [0.1, 0.15) is 33.0 Å². The van der Waals surface area contributed by atoms with E-state index in [1.165, 1.54) is 34.6 Å². The molecule has 7 heteroatoms. The molecule has 0 bridgehead atoms. The van der Waals surface area contributed by atoms with Crippen molar-refractivity contribution in [1.29, 1.82) is 0 Å². The van der Waals surface area contributed by atoms with Gasteiger partial charge in [-0.05, 0) is 61.6 Å². The number of aryl methyl sites for hydroxylation is 2. The molecule has 0 unspecified atom stereocenters. The number of carbonyl (C=O) groups is 1. The lowest BCUT2D eigenvalue weighted by Crippen LogP contribution is -2.09. The maximum absolute atomic E-state index is 12.5. The van der Waals surface area contributed by atoms with Gasteiger partial charge in [0.05, 0.1) is 12.0 Å². The summed E-state index contributed by atoms with van der Waals surface area (Å²) in [5.74, 6) is 0.695. The number of thiophene rings is 1. The smallest absolute Gasteiger partial charge is 0.267 e. The molecule has 1 aliphatic rings. The van der Waals surface area contributed by atoms with E-state index in [2.05, 4.69) is 15.5 Å². The summed E-state index contributed by atoms with van der Waals surface area (Å²) < 4.78 is 5.16. The van der Waals surface area contributed by atoms with Gasteiger partial charge in [0.1, 0.15) is 10.8 Å². The van der Waals surface area contributed by atoms with E-state index in [1.54, 1.807) is 18.4 Å². The summed E-state index contributed by atoms with van der Waals surface area (Å²) in [6.07, 6.45) is 4.61. The maximum Gasteiger partial charge on any atom is 0.267 e. The molecule has 0 fully saturated rings. The van der Waals surface area contributed by atoms with Gasteiger partial charge in [0.25, 0.3) is 5.91 Å². The first kappa shape index (κ1) is 16.2. The van der Waals surface area contributed by atoms with Gasteiger partial charge in [-0.3, -0.25) is 10.1 Å². The molecule has 128 valence electrons. The Morgan fingerprint density at radius 1 is 1.12 bits per heavy atom. The van der Waals surface area contributed by atoms with Crippen molar-refractivity contribution in [2.75, 3.05) is 12.4 Å². The molecule has 1 N–H and O–H groups in total. The minimum Gasteiger partial charge on any atom is -0.497 e. The minimum atomic E-state index is -0.100. The molecule has 2 aromatic heterocycles. The number of aromatic nitrogens is 2. The predicted molar refractivity (Wildman–Crippen MR) is 101 cm³/mol. The van der Waals surface area contributed by atoms with E-state index in [0.717, 1.165) is 34.0 Å². The summed E-state index contributed by atoms with van der Waals surface area (Å²) in [5, 5.41) is 12.4. The van der Waals surface area contributed by atoms with Gasteiger partial charge in [-0.1, -0.05) is 11.3 Å². The fourth-order valence-corrected chi connectivity index (χ4v) is 4.78. The van der Waals surface area contributed by atoms with Gasteiger partial charge in [-0.2, -0.15) is 0 Å². The molecule has 5 nitrogen and oxygen atoms in total. The fraction of sp³-hybridized carbons (Fsp3) is 0.278. The van der Waals surface area contributed by atoms with Crippen molar-refractivity contribution in [3.63, 3.8) is 0 Å². The molecule has 0 saturated heterocycles. The van der Waals surface area contributed by atoms with Crippen LogP contribution < -0.4 is 10.1 Å². The van der Waals surface area contributed by atoms with Crippen molar-refractivity contribution in [2.24, 2.45) is 0 Å². The summed E-state index contributed by atoms with van der Waals surface area (Å²) in [7, 11) is 1.63. The van der Waals surface area contributed by atoms with E-state index in [9.17, 15) is 4.79 Å². The Hall–Kier alpha value is -2.25. The number of benzene rings is 1. The molecule has 2 heterocycles. The zero-order valence-corrected chi connectivity index (χ0v) is 15.4. The third-order valence-corrected chi connectivity index (χ3v) is 6.33. The average molecular weight is 371 g/mol. The van der Waals surface area contributed by atoms with E-state index < -0.39 is 0 Å². The molecular formula is C18H17N3O2S2.